The molecule has 2 aliphatic rings. The van der Waals surface area contributed by atoms with E-state index in [1.807, 2.05) is 0 Å². The van der Waals surface area contributed by atoms with Crippen LogP contribution in [0.5, 0.6) is 0 Å². The molecule has 0 aromatic rings. The summed E-state index contributed by atoms with van der Waals surface area (Å²) < 4.78 is 6.05. The number of hydrogen-bond donors (Lipinski definition) is 0. The molecule has 1 heterocycles. The normalized spacial score (nSPS) is 32.0. The van der Waals surface area contributed by atoms with Crippen molar-refractivity contribution in [3.05, 3.63) is 0 Å². The lowest BCUT2D eigenvalue weighted by Crippen LogP contribution is -2.37. The predicted octanol–water partition coefficient (Wildman–Crippen LogP) is 4.29. The van der Waals surface area contributed by atoms with Crippen molar-refractivity contribution in [2.75, 3.05) is 6.61 Å². The topological polar surface area (TPSA) is 9.23 Å². The third kappa shape index (κ3) is 3.20. The third-order valence-electron chi connectivity index (χ3n) is 4.08. The molecular weight excluding hydrogens is 252 g/mol. The van der Waals surface area contributed by atoms with Crippen molar-refractivity contribution in [2.45, 2.75) is 68.7 Å². The fourth-order valence-electron chi connectivity index (χ4n) is 3.21. The van der Waals surface area contributed by atoms with Crippen molar-refractivity contribution in [2.24, 2.45) is 5.92 Å². The van der Waals surface area contributed by atoms with E-state index >= 15 is 0 Å². The van der Waals surface area contributed by atoms with Gasteiger partial charge in [-0.25, -0.2) is 0 Å². The molecule has 1 aliphatic carbocycles. The Labute approximate surface area is 102 Å². The van der Waals surface area contributed by atoms with Crippen molar-refractivity contribution >= 4 is 15.9 Å². The molecule has 15 heavy (non-hydrogen) atoms. The average Bonchev–Trinajstić information content (AvgIpc) is 2.63. The number of hydrogen-bond acceptors (Lipinski definition) is 1. The van der Waals surface area contributed by atoms with Crippen LogP contribution in [-0.2, 0) is 4.74 Å². The summed E-state index contributed by atoms with van der Waals surface area (Å²) in [6.07, 6.45) is 10.8. The molecule has 0 amide bonds. The summed E-state index contributed by atoms with van der Waals surface area (Å²) in [6, 6.07) is 0. The Morgan fingerprint density at radius 1 is 1.40 bits per heavy atom. The Balaban J connectivity index is 1.81. The molecule has 0 aromatic heterocycles. The zero-order chi connectivity index (χ0) is 10.7. The Bertz CT molecular complexity index is 197. The monoisotopic (exact) mass is 274 g/mol. The summed E-state index contributed by atoms with van der Waals surface area (Å²) in [7, 11) is 0. The Kier molecular flexibility index (Phi) is 4.11. The summed E-state index contributed by atoms with van der Waals surface area (Å²) in [5, 5.41) is 0. The zero-order valence-corrected chi connectivity index (χ0v) is 11.4. The number of rotatable bonds is 3. The lowest BCUT2D eigenvalue weighted by molar-refractivity contribution is -0.0938. The minimum atomic E-state index is 0.318. The summed E-state index contributed by atoms with van der Waals surface area (Å²) in [5.41, 5.74) is 0.318. The highest BCUT2D eigenvalue weighted by atomic mass is 79.9. The van der Waals surface area contributed by atoms with Crippen LogP contribution in [0.2, 0.25) is 0 Å². The second-order valence-corrected chi connectivity index (χ2v) is 7.02. The van der Waals surface area contributed by atoms with Crippen molar-refractivity contribution in [1.29, 1.82) is 0 Å². The van der Waals surface area contributed by atoms with Gasteiger partial charge in [-0.1, -0.05) is 35.7 Å². The molecule has 2 unspecified atom stereocenters. The van der Waals surface area contributed by atoms with Crippen molar-refractivity contribution in [3.8, 4) is 0 Å². The Hall–Kier alpha value is 0.440. The van der Waals surface area contributed by atoms with Gasteiger partial charge in [0.2, 0.25) is 0 Å². The van der Waals surface area contributed by atoms with E-state index in [2.05, 4.69) is 22.9 Å². The molecule has 1 nitrogen and oxygen atoms in total. The van der Waals surface area contributed by atoms with Crippen molar-refractivity contribution in [1.82, 2.24) is 0 Å². The first-order valence-corrected chi connectivity index (χ1v) is 7.40. The third-order valence-corrected chi connectivity index (χ3v) is 4.54. The minimum absolute atomic E-state index is 0.318. The summed E-state index contributed by atoms with van der Waals surface area (Å²) in [4.78, 5) is 0.680. The SMILES string of the molecule is CC(Br)CCC1CCOC2(CCCC2)C1. The summed E-state index contributed by atoms with van der Waals surface area (Å²) >= 11 is 3.64. The highest BCUT2D eigenvalue weighted by Gasteiger charge is 2.39. The molecule has 1 spiro atoms. The molecule has 1 aliphatic heterocycles. The fraction of sp³-hybridized carbons (Fsp3) is 1.00. The van der Waals surface area contributed by atoms with Gasteiger partial charge in [-0.15, -0.1) is 0 Å². The van der Waals surface area contributed by atoms with Crippen LogP contribution in [0.3, 0.4) is 0 Å². The molecule has 1 saturated carbocycles. The molecule has 2 fully saturated rings. The van der Waals surface area contributed by atoms with Crippen LogP contribution in [-0.4, -0.2) is 17.0 Å². The maximum absolute atomic E-state index is 6.05. The molecule has 2 rings (SSSR count). The summed E-state index contributed by atoms with van der Waals surface area (Å²) in [5.74, 6) is 0.928. The Morgan fingerprint density at radius 2 is 2.13 bits per heavy atom. The van der Waals surface area contributed by atoms with Crippen LogP contribution >= 0.6 is 15.9 Å². The van der Waals surface area contributed by atoms with E-state index in [9.17, 15) is 0 Å². The largest absolute Gasteiger partial charge is 0.375 e. The van der Waals surface area contributed by atoms with E-state index in [-0.39, 0.29) is 0 Å². The van der Waals surface area contributed by atoms with E-state index in [1.165, 1.54) is 51.4 Å². The lowest BCUT2D eigenvalue weighted by atomic mass is 9.82. The number of alkyl halides is 1. The molecule has 2 atom stereocenters. The molecule has 0 aromatic carbocycles. The van der Waals surface area contributed by atoms with Gasteiger partial charge in [-0.3, -0.25) is 0 Å². The second-order valence-electron chi connectivity index (χ2n) is 5.46. The van der Waals surface area contributed by atoms with Crippen LogP contribution in [0.15, 0.2) is 0 Å². The van der Waals surface area contributed by atoms with Crippen molar-refractivity contribution < 1.29 is 4.74 Å². The zero-order valence-electron chi connectivity index (χ0n) is 9.80. The first-order chi connectivity index (χ1) is 7.20. The quantitative estimate of drug-likeness (QED) is 0.698. The lowest BCUT2D eigenvalue weighted by Gasteiger charge is -2.38. The van der Waals surface area contributed by atoms with E-state index in [0.717, 1.165) is 12.5 Å². The maximum Gasteiger partial charge on any atom is 0.0685 e. The molecule has 2 heteroatoms. The molecule has 1 saturated heterocycles. The van der Waals surface area contributed by atoms with Crippen LogP contribution < -0.4 is 0 Å². The fourth-order valence-corrected chi connectivity index (χ4v) is 3.47. The van der Waals surface area contributed by atoms with E-state index < -0.39 is 0 Å². The van der Waals surface area contributed by atoms with Crippen LogP contribution in [0.25, 0.3) is 0 Å². The van der Waals surface area contributed by atoms with Gasteiger partial charge in [-0.2, -0.15) is 0 Å². The highest BCUT2D eigenvalue weighted by Crippen LogP contribution is 2.43. The van der Waals surface area contributed by atoms with E-state index in [1.54, 1.807) is 0 Å². The second kappa shape index (κ2) is 5.18. The van der Waals surface area contributed by atoms with Gasteiger partial charge in [0.05, 0.1) is 5.60 Å². The van der Waals surface area contributed by atoms with Gasteiger partial charge in [0, 0.05) is 11.4 Å². The standard InChI is InChI=1S/C13H23BrO/c1-11(14)4-5-12-6-9-15-13(10-12)7-2-3-8-13/h11-12H,2-10H2,1H3. The molecule has 88 valence electrons. The summed E-state index contributed by atoms with van der Waals surface area (Å²) in [6.45, 7) is 3.27. The molecular formula is C13H23BrO. The van der Waals surface area contributed by atoms with E-state index in [4.69, 9.17) is 4.74 Å². The molecule has 0 radical (unpaired) electrons. The van der Waals surface area contributed by atoms with Gasteiger partial charge in [0.25, 0.3) is 0 Å². The van der Waals surface area contributed by atoms with Crippen LogP contribution in [0.4, 0.5) is 0 Å². The molecule has 0 N–H and O–H groups in total. The predicted molar refractivity (Wildman–Crippen MR) is 67.5 cm³/mol. The molecule has 0 bridgehead atoms. The van der Waals surface area contributed by atoms with Gasteiger partial charge >= 0.3 is 0 Å². The average molecular weight is 275 g/mol. The first kappa shape index (κ1) is 11.9. The number of ether oxygens (including phenoxy) is 1. The van der Waals surface area contributed by atoms with Crippen molar-refractivity contribution in [3.63, 3.8) is 0 Å². The van der Waals surface area contributed by atoms with Gasteiger partial charge in [0.15, 0.2) is 0 Å². The first-order valence-electron chi connectivity index (χ1n) is 6.48. The van der Waals surface area contributed by atoms with Crippen LogP contribution in [0.1, 0.15) is 58.3 Å². The maximum atomic E-state index is 6.05. The van der Waals surface area contributed by atoms with Crippen LogP contribution in [0, 0.1) is 5.92 Å². The highest BCUT2D eigenvalue weighted by molar-refractivity contribution is 9.09. The minimum Gasteiger partial charge on any atom is -0.375 e. The van der Waals surface area contributed by atoms with E-state index in [0.29, 0.717) is 10.4 Å². The number of halogens is 1. The smallest absolute Gasteiger partial charge is 0.0685 e. The van der Waals surface area contributed by atoms with Gasteiger partial charge in [0.1, 0.15) is 0 Å². The van der Waals surface area contributed by atoms with Gasteiger partial charge in [-0.05, 0) is 44.4 Å². The Morgan fingerprint density at radius 3 is 2.80 bits per heavy atom. The van der Waals surface area contributed by atoms with Gasteiger partial charge < -0.3 is 4.74 Å².